The Bertz CT molecular complexity index is 868. The lowest BCUT2D eigenvalue weighted by Gasteiger charge is -2.32. The molecule has 28 heavy (non-hydrogen) atoms. The van der Waals surface area contributed by atoms with Crippen LogP contribution in [0.2, 0.25) is 0 Å². The van der Waals surface area contributed by atoms with Crippen molar-refractivity contribution in [3.8, 4) is 11.3 Å². The highest BCUT2D eigenvalue weighted by Crippen LogP contribution is 2.75. The van der Waals surface area contributed by atoms with E-state index in [0.717, 1.165) is 16.8 Å². The number of carbonyl (C=O) groups excluding carboxylic acids is 1. The topological polar surface area (TPSA) is 71.8 Å². The first kappa shape index (κ1) is 17.9. The van der Waals surface area contributed by atoms with Crippen molar-refractivity contribution >= 4 is 11.7 Å². The summed E-state index contributed by atoms with van der Waals surface area (Å²) in [6, 6.07) is 3.76. The summed E-state index contributed by atoms with van der Waals surface area (Å²) in [6.07, 6.45) is 11.5. The second-order valence-corrected chi connectivity index (χ2v) is 9.19. The predicted molar refractivity (Wildman–Crippen MR) is 109 cm³/mol. The maximum absolute atomic E-state index is 13.2. The third kappa shape index (κ3) is 2.69. The lowest BCUT2D eigenvalue weighted by atomic mass is 9.78. The molecule has 2 heterocycles. The summed E-state index contributed by atoms with van der Waals surface area (Å²) >= 11 is 0. The molecule has 2 spiro atoms. The first-order valence-corrected chi connectivity index (χ1v) is 10.4. The van der Waals surface area contributed by atoms with Crippen LogP contribution in [-0.4, -0.2) is 33.8 Å². The maximum atomic E-state index is 13.2. The van der Waals surface area contributed by atoms with Crippen LogP contribution in [0.3, 0.4) is 0 Å². The van der Waals surface area contributed by atoms with E-state index in [1.54, 1.807) is 0 Å². The number of aryl methyl sites for hydroxylation is 2. The molecule has 3 saturated carbocycles. The van der Waals surface area contributed by atoms with Gasteiger partial charge < -0.3 is 10.6 Å². The van der Waals surface area contributed by atoms with Crippen LogP contribution in [0.4, 0.5) is 5.82 Å². The number of anilines is 1. The maximum Gasteiger partial charge on any atom is 0.242 e. The lowest BCUT2D eigenvalue weighted by molar-refractivity contribution is -0.120. The summed E-state index contributed by atoms with van der Waals surface area (Å²) in [5.74, 6) is 1.15. The van der Waals surface area contributed by atoms with Gasteiger partial charge in [0.25, 0.3) is 0 Å². The van der Waals surface area contributed by atoms with Crippen LogP contribution in [0.25, 0.3) is 11.3 Å². The Hall–Kier alpha value is -2.21. The average Bonchev–Trinajstić information content (AvgIpc) is 3.57. The highest BCUT2D eigenvalue weighted by Gasteiger charge is 2.68. The van der Waals surface area contributed by atoms with Gasteiger partial charge in [-0.3, -0.25) is 9.48 Å². The van der Waals surface area contributed by atoms with Gasteiger partial charge in [0.05, 0.1) is 17.9 Å². The summed E-state index contributed by atoms with van der Waals surface area (Å²) in [5.41, 5.74) is 4.02. The van der Waals surface area contributed by atoms with Gasteiger partial charge >= 0.3 is 0 Å². The Labute approximate surface area is 166 Å². The average molecular weight is 380 g/mol. The first-order valence-electron chi connectivity index (χ1n) is 10.4. The van der Waals surface area contributed by atoms with Crippen LogP contribution in [-0.2, 0) is 11.8 Å². The van der Waals surface area contributed by atoms with Gasteiger partial charge in [0.2, 0.25) is 5.91 Å². The Balaban J connectivity index is 1.34. The molecule has 2 N–H and O–H groups in total. The fraction of sp³-hybridized carbons (Fsp3) is 0.591. The molecule has 0 radical (unpaired) electrons. The van der Waals surface area contributed by atoms with Crippen molar-refractivity contribution in [3.05, 3.63) is 30.1 Å². The van der Waals surface area contributed by atoms with Crippen molar-refractivity contribution in [2.45, 2.75) is 51.5 Å². The van der Waals surface area contributed by atoms with Crippen molar-refractivity contribution in [1.82, 2.24) is 20.1 Å². The molecule has 148 valence electrons. The molecule has 0 aromatic carbocycles. The third-order valence-corrected chi connectivity index (χ3v) is 7.56. The smallest absolute Gasteiger partial charge is 0.242 e. The number of aromatic nitrogens is 3. The molecule has 2 aromatic rings. The van der Waals surface area contributed by atoms with Gasteiger partial charge in [-0.2, -0.15) is 5.10 Å². The fourth-order valence-electron chi connectivity index (χ4n) is 5.83. The summed E-state index contributed by atoms with van der Waals surface area (Å²) in [4.78, 5) is 17.7. The molecule has 1 unspecified atom stereocenters. The van der Waals surface area contributed by atoms with Crippen LogP contribution in [0.1, 0.15) is 44.1 Å². The molecule has 3 aliphatic rings. The number of hydrogen-bond donors (Lipinski definition) is 2. The fourth-order valence-corrected chi connectivity index (χ4v) is 5.83. The van der Waals surface area contributed by atoms with E-state index >= 15 is 0 Å². The third-order valence-electron chi connectivity index (χ3n) is 7.56. The van der Waals surface area contributed by atoms with Crippen molar-refractivity contribution in [2.75, 3.05) is 12.4 Å². The molecule has 1 atom stereocenters. The Morgan fingerprint density at radius 1 is 1.14 bits per heavy atom. The van der Waals surface area contributed by atoms with E-state index in [4.69, 9.17) is 0 Å². The molecule has 3 fully saturated rings. The van der Waals surface area contributed by atoms with Crippen LogP contribution >= 0.6 is 0 Å². The molecular weight excluding hydrogens is 350 g/mol. The first-order chi connectivity index (χ1) is 13.5. The number of carbonyl (C=O) groups is 1. The number of nitrogens with one attached hydrogen (secondary N) is 2. The highest BCUT2D eigenvalue weighted by atomic mass is 16.2. The minimum Gasteiger partial charge on any atom is -0.309 e. The van der Waals surface area contributed by atoms with Gasteiger partial charge in [-0.15, -0.1) is 0 Å². The van der Waals surface area contributed by atoms with E-state index in [1.165, 1.54) is 38.5 Å². The molecule has 3 aliphatic carbocycles. The minimum absolute atomic E-state index is 0.0592. The van der Waals surface area contributed by atoms with Gasteiger partial charge in [-0.05, 0) is 86.9 Å². The second-order valence-electron chi connectivity index (χ2n) is 9.19. The monoisotopic (exact) mass is 379 g/mol. The molecule has 5 rings (SSSR count). The number of pyridine rings is 1. The van der Waals surface area contributed by atoms with Crippen LogP contribution in [0.5, 0.6) is 0 Å². The van der Waals surface area contributed by atoms with Crippen molar-refractivity contribution in [1.29, 1.82) is 0 Å². The van der Waals surface area contributed by atoms with Crippen LogP contribution in [0, 0.1) is 23.7 Å². The van der Waals surface area contributed by atoms with Crippen molar-refractivity contribution < 1.29 is 4.79 Å². The number of likely N-dealkylation sites (N-methyl/N-ethyl adjacent to an activating group) is 1. The zero-order valence-electron chi connectivity index (χ0n) is 17.0. The second kappa shape index (κ2) is 6.14. The van der Waals surface area contributed by atoms with E-state index in [1.807, 2.05) is 50.2 Å². The van der Waals surface area contributed by atoms with Gasteiger partial charge in [0, 0.05) is 18.8 Å². The van der Waals surface area contributed by atoms with E-state index < -0.39 is 0 Å². The Morgan fingerprint density at radius 2 is 1.79 bits per heavy atom. The standard InChI is InChI=1S/C22H29N5O/c1-14-12-25-27(3)18(14)15-4-5-16(24-13-15)26-20(28)17(23-2)19-21(6-7-21)10-11-22(19)8-9-22/h4-5,12-13,17,19,23H,6-11H2,1-3H3,(H,24,26,28). The molecular formula is C22H29N5O. The number of amides is 1. The van der Waals surface area contributed by atoms with E-state index in [9.17, 15) is 4.79 Å². The normalized spacial score (nSPS) is 22.5. The minimum atomic E-state index is -0.131. The Kier molecular flexibility index (Phi) is 3.92. The predicted octanol–water partition coefficient (Wildman–Crippen LogP) is 3.29. The van der Waals surface area contributed by atoms with Crippen LogP contribution in [0.15, 0.2) is 24.5 Å². The molecule has 2 aromatic heterocycles. The molecule has 1 amide bonds. The summed E-state index contributed by atoms with van der Waals surface area (Å²) in [6.45, 7) is 2.04. The molecule has 0 aliphatic heterocycles. The largest absolute Gasteiger partial charge is 0.309 e. The molecule has 6 nitrogen and oxygen atoms in total. The Morgan fingerprint density at radius 3 is 2.25 bits per heavy atom. The summed E-state index contributed by atoms with van der Waals surface area (Å²) < 4.78 is 1.85. The van der Waals surface area contributed by atoms with E-state index in [-0.39, 0.29) is 11.9 Å². The molecule has 6 heteroatoms. The van der Waals surface area contributed by atoms with Gasteiger partial charge in [0.15, 0.2) is 0 Å². The summed E-state index contributed by atoms with van der Waals surface area (Å²) in [7, 11) is 3.86. The highest BCUT2D eigenvalue weighted by molar-refractivity contribution is 5.94. The lowest BCUT2D eigenvalue weighted by Crippen LogP contribution is -2.48. The van der Waals surface area contributed by atoms with Crippen molar-refractivity contribution in [3.63, 3.8) is 0 Å². The van der Waals surface area contributed by atoms with Gasteiger partial charge in [0.1, 0.15) is 5.82 Å². The quantitative estimate of drug-likeness (QED) is 0.836. The summed E-state index contributed by atoms with van der Waals surface area (Å²) in [5, 5.41) is 10.7. The number of nitrogens with zero attached hydrogens (tertiary/aromatic N) is 3. The van der Waals surface area contributed by atoms with Crippen molar-refractivity contribution in [2.24, 2.45) is 23.8 Å². The van der Waals surface area contributed by atoms with Gasteiger partial charge in [-0.25, -0.2) is 4.98 Å². The zero-order valence-corrected chi connectivity index (χ0v) is 17.0. The van der Waals surface area contributed by atoms with E-state index in [2.05, 4.69) is 20.7 Å². The van der Waals surface area contributed by atoms with Crippen LogP contribution < -0.4 is 10.6 Å². The SMILES string of the molecule is CNC(C(=O)Nc1ccc(-c2c(C)cnn2C)cn1)C1C2(CC2)CCC12CC2. The van der Waals surface area contributed by atoms with Gasteiger partial charge in [-0.1, -0.05) is 0 Å². The number of rotatable bonds is 5. The molecule has 0 saturated heterocycles. The number of hydrogen-bond acceptors (Lipinski definition) is 4. The molecule has 0 bridgehead atoms. The van der Waals surface area contributed by atoms with E-state index in [0.29, 0.717) is 22.6 Å². The zero-order chi connectivity index (χ0) is 19.5.